The molecule has 7 heteroatoms. The number of rotatable bonds is 7. The summed E-state index contributed by atoms with van der Waals surface area (Å²) in [5.41, 5.74) is 2.50. The molecule has 5 aliphatic rings. The lowest BCUT2D eigenvalue weighted by molar-refractivity contribution is -0.207. The molecule has 0 atom stereocenters. The number of benzene rings is 3. The van der Waals surface area contributed by atoms with E-state index < -0.39 is 26.8 Å². The minimum atomic E-state index is -2.05. The Balaban J connectivity index is 1.07. The minimum Gasteiger partial charge on any atom is -0.496 e. The molecule has 41 heavy (non-hydrogen) atoms. The summed E-state index contributed by atoms with van der Waals surface area (Å²) in [6.07, 6.45) is 5.88. The molecule has 0 saturated heterocycles. The van der Waals surface area contributed by atoms with Crippen LogP contribution in [0.3, 0.4) is 0 Å². The van der Waals surface area contributed by atoms with E-state index >= 15 is 0 Å². The van der Waals surface area contributed by atoms with Crippen molar-refractivity contribution in [3.63, 3.8) is 0 Å². The predicted octanol–water partition coefficient (Wildman–Crippen LogP) is 7.95. The number of carbonyl (C=O) groups excluding carboxylic acids is 2. The summed E-state index contributed by atoms with van der Waals surface area (Å²) < 4.78 is 17.1. The molecule has 0 radical (unpaired) electrons. The van der Waals surface area contributed by atoms with Crippen molar-refractivity contribution in [1.82, 2.24) is 0 Å². The predicted molar refractivity (Wildman–Crippen MR) is 159 cm³/mol. The second-order valence-electron chi connectivity index (χ2n) is 12.3. The van der Waals surface area contributed by atoms with Gasteiger partial charge in [0.05, 0.1) is 13.5 Å². The van der Waals surface area contributed by atoms with E-state index in [1.54, 1.807) is 7.11 Å². The van der Waals surface area contributed by atoms with Gasteiger partial charge < -0.3 is 14.2 Å². The van der Waals surface area contributed by atoms with Crippen molar-refractivity contribution in [2.45, 2.75) is 65.7 Å². The first-order valence-corrected chi connectivity index (χ1v) is 17.0. The number of halogens is 1. The maximum atomic E-state index is 13.0. The van der Waals surface area contributed by atoms with Gasteiger partial charge >= 0.3 is 11.9 Å². The summed E-state index contributed by atoms with van der Waals surface area (Å²) in [6, 6.07) is 22.3. The van der Waals surface area contributed by atoms with Gasteiger partial charge in [0.15, 0.2) is 6.61 Å². The molecule has 3 aromatic rings. The molecule has 1 aliphatic heterocycles. The molecule has 0 amide bonds. The quantitative estimate of drug-likeness (QED) is 0.261. The third kappa shape index (κ3) is 4.37. The summed E-state index contributed by atoms with van der Waals surface area (Å²) in [6.45, 7) is 1.72. The molecule has 0 spiro atoms. The van der Waals surface area contributed by atoms with E-state index in [9.17, 15) is 9.59 Å². The fraction of sp³-hybridized carbons (Fsp3) is 0.412. The van der Waals surface area contributed by atoms with Gasteiger partial charge in [-0.25, -0.2) is 4.79 Å². The maximum absolute atomic E-state index is 13.0. The molecule has 0 unspecified atom stereocenters. The summed E-state index contributed by atoms with van der Waals surface area (Å²) in [5.74, 6) is 2.02. The minimum absolute atomic E-state index is 0.0358. The van der Waals surface area contributed by atoms with Gasteiger partial charge in [0.25, 0.3) is 0 Å². The molecular weight excluding hydrogens is 556 g/mol. The molecule has 1 heterocycles. The molecule has 4 bridgehead atoms. The second kappa shape index (κ2) is 10.1. The molecular formula is C34H35ClO5S. The molecule has 3 aromatic carbocycles. The van der Waals surface area contributed by atoms with Crippen molar-refractivity contribution in [2.75, 3.05) is 13.7 Å². The lowest BCUT2D eigenvalue weighted by atomic mass is 9.50. The lowest BCUT2D eigenvalue weighted by Gasteiger charge is -2.59. The number of methoxy groups -OCH3 is 1. The van der Waals surface area contributed by atoms with E-state index in [1.165, 1.54) is 6.42 Å². The van der Waals surface area contributed by atoms with E-state index in [-0.39, 0.29) is 13.0 Å². The number of hydrogen-bond donors (Lipinski definition) is 0. The van der Waals surface area contributed by atoms with Crippen LogP contribution in [0.25, 0.3) is 11.1 Å². The number of carbonyl (C=O) groups is 2. The summed E-state index contributed by atoms with van der Waals surface area (Å²) in [7, 11) is 7.12. The maximum Gasteiger partial charge on any atom is 0.344 e. The fourth-order valence-electron chi connectivity index (χ4n) is 8.22. The summed E-state index contributed by atoms with van der Waals surface area (Å²) in [5, 5.41) is 0. The van der Waals surface area contributed by atoms with Crippen LogP contribution in [0.5, 0.6) is 5.75 Å². The van der Waals surface area contributed by atoms with Crippen molar-refractivity contribution in [3.05, 3.63) is 72.3 Å². The third-order valence-electron chi connectivity index (χ3n) is 10.0. The van der Waals surface area contributed by atoms with Gasteiger partial charge in [-0.3, -0.25) is 4.79 Å². The van der Waals surface area contributed by atoms with Crippen LogP contribution in [0.4, 0.5) is 0 Å². The monoisotopic (exact) mass is 590 g/mol. The van der Waals surface area contributed by atoms with Crippen LogP contribution < -0.4 is 4.74 Å². The van der Waals surface area contributed by atoms with E-state index in [0.29, 0.717) is 23.1 Å². The van der Waals surface area contributed by atoms with Gasteiger partial charge in [-0.1, -0.05) is 56.3 Å². The second-order valence-corrected chi connectivity index (χ2v) is 16.1. The Kier molecular flexibility index (Phi) is 6.62. The van der Waals surface area contributed by atoms with Crippen LogP contribution in [0.15, 0.2) is 81.4 Å². The Morgan fingerprint density at radius 1 is 0.854 bits per heavy atom. The molecule has 4 saturated carbocycles. The Bertz CT molecular complexity index is 1460. The van der Waals surface area contributed by atoms with Crippen LogP contribution in [0, 0.1) is 23.7 Å². The average molecular weight is 591 g/mol. The van der Waals surface area contributed by atoms with Gasteiger partial charge in [-0.2, -0.15) is 0 Å². The first-order chi connectivity index (χ1) is 19.8. The summed E-state index contributed by atoms with van der Waals surface area (Å²) in [4.78, 5) is 29.0. The first-order valence-electron chi connectivity index (χ1n) is 14.6. The highest BCUT2D eigenvalue weighted by atomic mass is 35.7. The Morgan fingerprint density at radius 3 is 2.02 bits per heavy atom. The van der Waals surface area contributed by atoms with Crippen molar-refractivity contribution in [3.8, 4) is 16.9 Å². The van der Waals surface area contributed by atoms with Gasteiger partial charge in [0.2, 0.25) is 0 Å². The van der Waals surface area contributed by atoms with Crippen molar-refractivity contribution >= 4 is 31.9 Å². The topological polar surface area (TPSA) is 61.8 Å². The van der Waals surface area contributed by atoms with Crippen LogP contribution in [-0.2, 0) is 25.5 Å². The lowest BCUT2D eigenvalue weighted by Crippen LogP contribution is -2.58. The molecule has 5 nitrogen and oxygen atoms in total. The SMILES string of the molecule is COc1ccc(S2(Cl)c3ccccc3-c3ccccc32)cc1CC(=O)OCC(=O)OC1(C)C2CC3CC(C2)CC1C3. The van der Waals surface area contributed by atoms with Crippen molar-refractivity contribution < 1.29 is 23.8 Å². The molecule has 4 fully saturated rings. The van der Waals surface area contributed by atoms with Crippen molar-refractivity contribution in [2.24, 2.45) is 23.7 Å². The number of hydrogen-bond acceptors (Lipinski definition) is 5. The number of fused-ring (bicyclic) bond motifs is 3. The summed E-state index contributed by atoms with van der Waals surface area (Å²) >= 11 is 0. The normalized spacial score (nSPS) is 28.9. The third-order valence-corrected chi connectivity index (χ3v) is 14.4. The Labute approximate surface area is 247 Å². The smallest absolute Gasteiger partial charge is 0.344 e. The van der Waals surface area contributed by atoms with Crippen LogP contribution >= 0.6 is 19.9 Å². The molecule has 8 rings (SSSR count). The van der Waals surface area contributed by atoms with E-state index in [2.05, 4.69) is 31.2 Å². The first kappa shape index (κ1) is 26.9. The molecule has 214 valence electrons. The van der Waals surface area contributed by atoms with Crippen molar-refractivity contribution in [1.29, 1.82) is 0 Å². The van der Waals surface area contributed by atoms with Crippen LogP contribution in [-0.4, -0.2) is 31.3 Å². The highest BCUT2D eigenvalue weighted by Gasteiger charge is 2.57. The Hall–Kier alpha value is -2.96. The fourth-order valence-corrected chi connectivity index (χ4v) is 12.1. The highest BCUT2D eigenvalue weighted by molar-refractivity contribution is 8.51. The standard InChI is InChI=1S/C34H35ClO5S/c1-34(24-14-21-13-22(16-24)17-25(34)15-21)40-33(37)20-39-32(36)19-23-18-26(11-12-29(23)38-2)41(35)30-9-5-3-7-27(30)28-8-4-6-10-31(28)41/h3-12,18,21-22,24-25H,13-17,19-20H2,1-2H3. The molecule has 4 aliphatic carbocycles. The largest absolute Gasteiger partial charge is 0.496 e. The average Bonchev–Trinajstić information content (AvgIpc) is 3.24. The van der Waals surface area contributed by atoms with Gasteiger partial charge in [0, 0.05) is 20.2 Å². The van der Waals surface area contributed by atoms with E-state index in [4.69, 9.17) is 24.9 Å². The number of ether oxygens (including phenoxy) is 3. The van der Waals surface area contributed by atoms with E-state index in [1.807, 2.05) is 42.5 Å². The van der Waals surface area contributed by atoms with Gasteiger partial charge in [0.1, 0.15) is 11.4 Å². The van der Waals surface area contributed by atoms with Crippen LogP contribution in [0.2, 0.25) is 0 Å². The zero-order valence-corrected chi connectivity index (χ0v) is 25.0. The van der Waals surface area contributed by atoms with Crippen LogP contribution in [0.1, 0.15) is 44.6 Å². The van der Waals surface area contributed by atoms with E-state index in [0.717, 1.165) is 63.3 Å². The van der Waals surface area contributed by atoms with Gasteiger partial charge in [-0.05, 0) is 104 Å². The van der Waals surface area contributed by atoms with Gasteiger partial charge in [-0.15, -0.1) is 0 Å². The zero-order chi connectivity index (χ0) is 28.4. The molecule has 0 aromatic heterocycles. The Morgan fingerprint density at radius 2 is 1.44 bits per heavy atom. The number of esters is 2. The molecule has 0 N–H and O–H groups in total. The zero-order valence-electron chi connectivity index (χ0n) is 23.4. The highest BCUT2D eigenvalue weighted by Crippen LogP contribution is 2.79.